The number of rotatable bonds is 2. The van der Waals surface area contributed by atoms with Crippen LogP contribution in [0, 0.1) is 0 Å². The van der Waals surface area contributed by atoms with Gasteiger partial charge in [0, 0.05) is 11.6 Å². The van der Waals surface area contributed by atoms with Crippen molar-refractivity contribution in [2.45, 2.75) is 0 Å². The van der Waals surface area contributed by atoms with Gasteiger partial charge in [0.15, 0.2) is 0 Å². The molecule has 0 saturated carbocycles. The number of para-hydroxylation sites is 1. The Morgan fingerprint density at radius 2 is 1.85 bits per heavy atom. The van der Waals surface area contributed by atoms with Gasteiger partial charge in [-0.15, -0.1) is 0 Å². The molecule has 96 valence electrons. The summed E-state index contributed by atoms with van der Waals surface area (Å²) in [6, 6.07) is 17.8. The molecule has 4 rings (SSSR count). The molecule has 2 aromatic heterocycles. The quantitative estimate of drug-likeness (QED) is 0.536. The second-order valence-corrected chi connectivity index (χ2v) is 5.40. The van der Waals surface area contributed by atoms with E-state index in [1.807, 2.05) is 54.6 Å². The molecule has 0 aliphatic carbocycles. The molecular weight excluding hydrogens is 268 g/mol. The fourth-order valence-electron chi connectivity index (χ4n) is 2.11. The van der Waals surface area contributed by atoms with Gasteiger partial charge in [0.1, 0.15) is 5.75 Å². The number of hydrogen-bond acceptors (Lipinski definition) is 4. The van der Waals surface area contributed by atoms with E-state index in [0.717, 1.165) is 26.9 Å². The lowest BCUT2D eigenvalue weighted by Crippen LogP contribution is -1.84. The van der Waals surface area contributed by atoms with E-state index in [1.54, 1.807) is 17.5 Å². The van der Waals surface area contributed by atoms with Crippen LogP contribution in [0.25, 0.3) is 21.1 Å². The summed E-state index contributed by atoms with van der Waals surface area (Å²) in [4.78, 5) is 8.76. The third-order valence-electron chi connectivity index (χ3n) is 3.05. The lowest BCUT2D eigenvalue weighted by Gasteiger charge is -2.02. The van der Waals surface area contributed by atoms with Gasteiger partial charge in [0.2, 0.25) is 0 Å². The van der Waals surface area contributed by atoms with Gasteiger partial charge < -0.3 is 4.74 Å². The van der Waals surface area contributed by atoms with Gasteiger partial charge in [-0.05, 0) is 36.4 Å². The minimum atomic E-state index is 0.662. The monoisotopic (exact) mass is 278 g/mol. The van der Waals surface area contributed by atoms with Gasteiger partial charge in [0.05, 0.1) is 15.7 Å². The van der Waals surface area contributed by atoms with Crippen molar-refractivity contribution in [3.8, 4) is 10.9 Å². The van der Waals surface area contributed by atoms with Crippen molar-refractivity contribution in [1.29, 1.82) is 0 Å². The zero-order chi connectivity index (χ0) is 13.4. The molecule has 0 saturated heterocycles. The molecule has 0 amide bonds. The summed E-state index contributed by atoms with van der Waals surface area (Å²) in [5, 5.41) is 1.72. The van der Waals surface area contributed by atoms with Crippen molar-refractivity contribution in [3.63, 3.8) is 0 Å². The topological polar surface area (TPSA) is 35.0 Å². The zero-order valence-corrected chi connectivity index (χ0v) is 11.3. The highest BCUT2D eigenvalue weighted by Gasteiger charge is 2.06. The molecule has 0 N–H and O–H groups in total. The molecule has 0 aliphatic heterocycles. The molecule has 2 aromatic carbocycles. The van der Waals surface area contributed by atoms with Crippen molar-refractivity contribution >= 4 is 32.5 Å². The predicted octanol–water partition coefficient (Wildman–Crippen LogP) is 4.64. The Labute approximate surface area is 119 Å². The molecule has 3 nitrogen and oxygen atoms in total. The summed E-state index contributed by atoms with van der Waals surface area (Å²) < 4.78 is 6.98. The van der Waals surface area contributed by atoms with Crippen molar-refractivity contribution < 1.29 is 4.74 Å². The molecular formula is C16H10N2OS. The first-order valence-electron chi connectivity index (χ1n) is 6.27. The molecule has 2 heterocycles. The smallest absolute Gasteiger partial charge is 0.279 e. The lowest BCUT2D eigenvalue weighted by molar-refractivity contribution is 0.481. The van der Waals surface area contributed by atoms with Gasteiger partial charge in [-0.25, -0.2) is 4.98 Å². The Morgan fingerprint density at radius 1 is 0.900 bits per heavy atom. The highest BCUT2D eigenvalue weighted by atomic mass is 32.1. The van der Waals surface area contributed by atoms with Crippen molar-refractivity contribution in [3.05, 3.63) is 60.8 Å². The summed E-state index contributed by atoms with van der Waals surface area (Å²) in [5.74, 6) is 0.782. The maximum absolute atomic E-state index is 5.85. The first-order chi connectivity index (χ1) is 9.88. The highest BCUT2D eigenvalue weighted by Crippen LogP contribution is 2.31. The summed E-state index contributed by atoms with van der Waals surface area (Å²) in [7, 11) is 0. The van der Waals surface area contributed by atoms with Crippen LogP contribution in [-0.2, 0) is 0 Å². The molecule has 0 radical (unpaired) electrons. The molecule has 0 fully saturated rings. The fourth-order valence-corrected chi connectivity index (χ4v) is 2.95. The molecule has 0 unspecified atom stereocenters. The highest BCUT2D eigenvalue weighted by molar-refractivity contribution is 7.20. The molecule has 4 heteroatoms. The van der Waals surface area contributed by atoms with Gasteiger partial charge in [-0.1, -0.05) is 29.5 Å². The van der Waals surface area contributed by atoms with Crippen LogP contribution in [0.5, 0.6) is 10.9 Å². The number of ether oxygens (including phenoxy) is 1. The summed E-state index contributed by atoms with van der Waals surface area (Å²) in [5.41, 5.74) is 1.93. The zero-order valence-electron chi connectivity index (χ0n) is 10.5. The summed E-state index contributed by atoms with van der Waals surface area (Å²) in [6.07, 6.45) is 1.79. The van der Waals surface area contributed by atoms with Gasteiger partial charge >= 0.3 is 0 Å². The number of benzene rings is 2. The Morgan fingerprint density at radius 3 is 2.80 bits per heavy atom. The number of fused-ring (bicyclic) bond motifs is 2. The van der Waals surface area contributed by atoms with E-state index >= 15 is 0 Å². The second-order valence-electron chi connectivity index (χ2n) is 4.41. The SMILES string of the molecule is c1cnc2ccc(Oc3nc4ccccc4s3)cc2c1. The third kappa shape index (κ3) is 2.00. The van der Waals surface area contributed by atoms with Crippen LogP contribution in [0.1, 0.15) is 0 Å². The standard InChI is InChI=1S/C16H10N2OS/c1-2-6-15-14(5-1)18-16(20-15)19-12-7-8-13-11(10-12)4-3-9-17-13/h1-10H. The molecule has 4 aromatic rings. The van der Waals surface area contributed by atoms with Crippen LogP contribution in [-0.4, -0.2) is 9.97 Å². The third-order valence-corrected chi connectivity index (χ3v) is 3.97. The fraction of sp³-hybridized carbons (Fsp3) is 0. The Balaban J connectivity index is 1.72. The predicted molar refractivity (Wildman–Crippen MR) is 81.4 cm³/mol. The number of hydrogen-bond donors (Lipinski definition) is 0. The molecule has 0 atom stereocenters. The van der Waals surface area contributed by atoms with E-state index in [1.165, 1.54) is 0 Å². The van der Waals surface area contributed by atoms with E-state index in [4.69, 9.17) is 4.74 Å². The molecule has 0 spiro atoms. The van der Waals surface area contributed by atoms with Gasteiger partial charge in [0.25, 0.3) is 5.19 Å². The van der Waals surface area contributed by atoms with Crippen LogP contribution in [0.4, 0.5) is 0 Å². The summed E-state index contributed by atoms with van der Waals surface area (Å²) in [6.45, 7) is 0. The largest absolute Gasteiger partial charge is 0.431 e. The average Bonchev–Trinajstić information content (AvgIpc) is 2.89. The van der Waals surface area contributed by atoms with E-state index in [9.17, 15) is 0 Å². The maximum Gasteiger partial charge on any atom is 0.279 e. The average molecular weight is 278 g/mol. The Hall–Kier alpha value is -2.46. The van der Waals surface area contributed by atoms with Crippen molar-refractivity contribution in [1.82, 2.24) is 9.97 Å². The van der Waals surface area contributed by atoms with E-state index in [0.29, 0.717) is 5.19 Å². The van der Waals surface area contributed by atoms with Crippen LogP contribution in [0.15, 0.2) is 60.8 Å². The summed E-state index contributed by atoms with van der Waals surface area (Å²) >= 11 is 1.55. The Kier molecular flexibility index (Phi) is 2.60. The molecule has 20 heavy (non-hydrogen) atoms. The lowest BCUT2D eigenvalue weighted by atomic mass is 10.2. The van der Waals surface area contributed by atoms with Gasteiger partial charge in [-0.2, -0.15) is 0 Å². The van der Waals surface area contributed by atoms with Crippen molar-refractivity contribution in [2.24, 2.45) is 0 Å². The van der Waals surface area contributed by atoms with Crippen LogP contribution in [0.3, 0.4) is 0 Å². The second kappa shape index (κ2) is 4.58. The van der Waals surface area contributed by atoms with E-state index in [-0.39, 0.29) is 0 Å². The minimum absolute atomic E-state index is 0.662. The number of thiazole rings is 1. The van der Waals surface area contributed by atoms with Crippen LogP contribution < -0.4 is 4.74 Å². The minimum Gasteiger partial charge on any atom is -0.431 e. The number of pyridine rings is 1. The van der Waals surface area contributed by atoms with E-state index < -0.39 is 0 Å². The number of aromatic nitrogens is 2. The normalized spacial score (nSPS) is 11.0. The van der Waals surface area contributed by atoms with E-state index in [2.05, 4.69) is 9.97 Å². The number of nitrogens with zero attached hydrogens (tertiary/aromatic N) is 2. The maximum atomic E-state index is 5.85. The first kappa shape index (κ1) is 11.4. The first-order valence-corrected chi connectivity index (χ1v) is 7.08. The molecule has 0 bridgehead atoms. The van der Waals surface area contributed by atoms with Crippen LogP contribution in [0.2, 0.25) is 0 Å². The Bertz CT molecular complexity index is 868. The van der Waals surface area contributed by atoms with Crippen molar-refractivity contribution in [2.75, 3.05) is 0 Å². The van der Waals surface area contributed by atoms with Gasteiger partial charge in [-0.3, -0.25) is 4.98 Å². The molecule has 0 aliphatic rings. The van der Waals surface area contributed by atoms with Crippen LogP contribution >= 0.6 is 11.3 Å².